The second kappa shape index (κ2) is 4.98. The van der Waals surface area contributed by atoms with E-state index in [2.05, 4.69) is 6.07 Å². The van der Waals surface area contributed by atoms with E-state index in [0.717, 1.165) is 22.3 Å². The molecular weight excluding hydrogens is 236 g/mol. The third-order valence-electron chi connectivity index (χ3n) is 3.57. The van der Waals surface area contributed by atoms with Gasteiger partial charge in [0.25, 0.3) is 0 Å². The molecule has 96 valence electrons. The van der Waals surface area contributed by atoms with Gasteiger partial charge in [-0.2, -0.15) is 0 Å². The summed E-state index contributed by atoms with van der Waals surface area (Å²) in [4.78, 5) is 12.4. The van der Waals surface area contributed by atoms with Gasteiger partial charge in [-0.3, -0.25) is 4.79 Å². The van der Waals surface area contributed by atoms with Gasteiger partial charge in [-0.25, -0.2) is 0 Å². The van der Waals surface area contributed by atoms with Crippen LogP contribution in [0.5, 0.6) is 0 Å². The van der Waals surface area contributed by atoms with Crippen molar-refractivity contribution in [1.82, 2.24) is 0 Å². The first-order valence-electron chi connectivity index (χ1n) is 6.62. The average molecular weight is 252 g/mol. The summed E-state index contributed by atoms with van der Waals surface area (Å²) in [6.45, 7) is 2.61. The number of hydrogen-bond acceptors (Lipinski definition) is 2. The van der Waals surface area contributed by atoms with E-state index in [1.54, 1.807) is 0 Å². The molecule has 0 saturated carbocycles. The van der Waals surface area contributed by atoms with E-state index in [1.807, 2.05) is 49.4 Å². The lowest BCUT2D eigenvalue weighted by molar-refractivity contribution is 0.0898. The van der Waals surface area contributed by atoms with Crippen LogP contribution in [0.1, 0.15) is 40.1 Å². The van der Waals surface area contributed by atoms with Crippen LogP contribution in [0, 0.1) is 0 Å². The van der Waals surface area contributed by atoms with Crippen molar-refractivity contribution in [2.45, 2.75) is 19.4 Å². The van der Waals surface area contributed by atoms with Gasteiger partial charge in [0, 0.05) is 18.6 Å². The van der Waals surface area contributed by atoms with Crippen molar-refractivity contribution < 1.29 is 9.53 Å². The normalized spacial score (nSPS) is 17.5. The molecule has 0 saturated heterocycles. The minimum absolute atomic E-state index is 0.135. The maximum Gasteiger partial charge on any atom is 0.167 e. The molecule has 0 aromatic heterocycles. The van der Waals surface area contributed by atoms with Crippen LogP contribution in [0.2, 0.25) is 0 Å². The minimum Gasteiger partial charge on any atom is -0.369 e. The molecule has 1 atom stereocenters. The Balaban J connectivity index is 2.22. The van der Waals surface area contributed by atoms with Crippen molar-refractivity contribution >= 4 is 5.78 Å². The first kappa shape index (κ1) is 12.1. The Hall–Kier alpha value is -1.93. The van der Waals surface area contributed by atoms with Gasteiger partial charge in [-0.05, 0) is 23.6 Å². The molecule has 0 heterocycles. The maximum absolute atomic E-state index is 12.4. The lowest BCUT2D eigenvalue weighted by atomic mass is 9.97. The Morgan fingerprint density at radius 1 is 1.05 bits per heavy atom. The Morgan fingerprint density at radius 2 is 1.74 bits per heavy atom. The smallest absolute Gasteiger partial charge is 0.167 e. The molecule has 2 aromatic rings. The molecule has 0 N–H and O–H groups in total. The molecular formula is C17H16O2. The van der Waals surface area contributed by atoms with Crippen molar-refractivity contribution in [1.29, 1.82) is 0 Å². The molecule has 0 aliphatic heterocycles. The van der Waals surface area contributed by atoms with Gasteiger partial charge in [0.15, 0.2) is 5.78 Å². The lowest BCUT2D eigenvalue weighted by Gasteiger charge is -2.19. The molecule has 2 aromatic carbocycles. The van der Waals surface area contributed by atoms with Crippen molar-refractivity contribution in [3.8, 4) is 0 Å². The van der Waals surface area contributed by atoms with Gasteiger partial charge in [0.2, 0.25) is 0 Å². The molecule has 0 amide bonds. The van der Waals surface area contributed by atoms with Gasteiger partial charge in [-0.15, -0.1) is 0 Å². The topological polar surface area (TPSA) is 26.3 Å². The molecule has 3 rings (SSSR count). The summed E-state index contributed by atoms with van der Waals surface area (Å²) in [7, 11) is 0. The van der Waals surface area contributed by atoms with Crippen molar-refractivity contribution in [2.24, 2.45) is 0 Å². The average Bonchev–Trinajstić information content (AvgIpc) is 2.56. The Kier molecular flexibility index (Phi) is 3.18. The monoisotopic (exact) mass is 252 g/mol. The molecule has 0 radical (unpaired) electrons. The molecule has 2 nitrogen and oxygen atoms in total. The number of carbonyl (C=O) groups is 1. The number of hydrogen-bond donors (Lipinski definition) is 0. The van der Waals surface area contributed by atoms with Crippen LogP contribution in [-0.4, -0.2) is 12.4 Å². The maximum atomic E-state index is 12.4. The number of rotatable bonds is 2. The lowest BCUT2D eigenvalue weighted by Crippen LogP contribution is -2.08. The number of fused-ring (bicyclic) bond motifs is 2. The third-order valence-corrected chi connectivity index (χ3v) is 3.57. The summed E-state index contributed by atoms with van der Waals surface area (Å²) in [6.07, 6.45) is 0.320. The van der Waals surface area contributed by atoms with E-state index in [9.17, 15) is 4.79 Å². The standard InChI is InChI=1S/C17H16O2/c1-2-19-17-13-8-4-3-7-12(13)11-16(18)14-9-5-6-10-15(14)17/h3-10,17H,2,11H2,1H3. The zero-order valence-electron chi connectivity index (χ0n) is 10.9. The fourth-order valence-corrected chi connectivity index (χ4v) is 2.71. The van der Waals surface area contributed by atoms with Crippen LogP contribution in [0.25, 0.3) is 0 Å². The molecule has 0 bridgehead atoms. The molecule has 2 heteroatoms. The fourth-order valence-electron chi connectivity index (χ4n) is 2.71. The number of Topliss-reactive ketones (excluding diaryl/α,β-unsaturated/α-hetero) is 1. The summed E-state index contributed by atoms with van der Waals surface area (Å²) in [6, 6.07) is 15.8. The van der Waals surface area contributed by atoms with Gasteiger partial charge >= 0.3 is 0 Å². The molecule has 1 unspecified atom stereocenters. The molecule has 0 spiro atoms. The van der Waals surface area contributed by atoms with Gasteiger partial charge in [0.05, 0.1) is 0 Å². The quantitative estimate of drug-likeness (QED) is 0.817. The van der Waals surface area contributed by atoms with Gasteiger partial charge in [0.1, 0.15) is 6.10 Å². The summed E-state index contributed by atoms with van der Waals surface area (Å²) in [5.41, 5.74) is 3.96. The zero-order valence-corrected chi connectivity index (χ0v) is 10.9. The highest BCUT2D eigenvalue weighted by atomic mass is 16.5. The summed E-state index contributed by atoms with van der Waals surface area (Å²) in [5.74, 6) is 0.172. The van der Waals surface area contributed by atoms with Crippen molar-refractivity contribution in [2.75, 3.05) is 6.61 Å². The third kappa shape index (κ3) is 2.08. The van der Waals surface area contributed by atoms with Crippen LogP contribution in [0.3, 0.4) is 0 Å². The second-order valence-corrected chi connectivity index (χ2v) is 4.72. The largest absolute Gasteiger partial charge is 0.369 e. The van der Waals surface area contributed by atoms with Crippen LogP contribution >= 0.6 is 0 Å². The number of ether oxygens (including phenoxy) is 1. The highest BCUT2D eigenvalue weighted by Crippen LogP contribution is 2.34. The SMILES string of the molecule is CCOC1c2ccccc2CC(=O)c2ccccc21. The first-order valence-corrected chi connectivity index (χ1v) is 6.62. The van der Waals surface area contributed by atoms with E-state index in [4.69, 9.17) is 4.74 Å². The van der Waals surface area contributed by atoms with Crippen LogP contribution < -0.4 is 0 Å². The molecule has 0 fully saturated rings. The number of carbonyl (C=O) groups excluding carboxylic acids is 1. The Bertz CT molecular complexity index is 616. The Morgan fingerprint density at radius 3 is 2.53 bits per heavy atom. The second-order valence-electron chi connectivity index (χ2n) is 4.72. The predicted molar refractivity (Wildman–Crippen MR) is 74.4 cm³/mol. The predicted octanol–water partition coefficient (Wildman–Crippen LogP) is 3.55. The number of ketones is 1. The molecule has 1 aliphatic carbocycles. The molecule has 19 heavy (non-hydrogen) atoms. The number of benzene rings is 2. The van der Waals surface area contributed by atoms with E-state index in [0.29, 0.717) is 13.0 Å². The fraction of sp³-hybridized carbons (Fsp3) is 0.235. The van der Waals surface area contributed by atoms with E-state index < -0.39 is 0 Å². The van der Waals surface area contributed by atoms with E-state index in [-0.39, 0.29) is 11.9 Å². The molecule has 1 aliphatic rings. The van der Waals surface area contributed by atoms with Crippen LogP contribution in [0.4, 0.5) is 0 Å². The van der Waals surface area contributed by atoms with E-state index >= 15 is 0 Å². The minimum atomic E-state index is -0.135. The highest BCUT2D eigenvalue weighted by Gasteiger charge is 2.27. The van der Waals surface area contributed by atoms with E-state index in [1.165, 1.54) is 0 Å². The van der Waals surface area contributed by atoms with Crippen molar-refractivity contribution in [3.05, 3.63) is 70.8 Å². The van der Waals surface area contributed by atoms with Gasteiger partial charge < -0.3 is 4.74 Å². The summed E-state index contributed by atoms with van der Waals surface area (Å²) in [5, 5.41) is 0. The Labute approximate surface area is 113 Å². The zero-order chi connectivity index (χ0) is 13.2. The summed E-state index contributed by atoms with van der Waals surface area (Å²) < 4.78 is 5.91. The van der Waals surface area contributed by atoms with Crippen LogP contribution in [-0.2, 0) is 11.2 Å². The summed E-state index contributed by atoms with van der Waals surface area (Å²) >= 11 is 0. The van der Waals surface area contributed by atoms with Gasteiger partial charge in [-0.1, -0.05) is 48.5 Å². The highest BCUT2D eigenvalue weighted by molar-refractivity contribution is 6.00. The van der Waals surface area contributed by atoms with Crippen molar-refractivity contribution in [3.63, 3.8) is 0 Å². The van der Waals surface area contributed by atoms with Crippen LogP contribution in [0.15, 0.2) is 48.5 Å². The first-order chi connectivity index (χ1) is 9.31.